The third kappa shape index (κ3) is 3.49. The molecule has 2 aliphatic rings. The Bertz CT molecular complexity index is 288. The van der Waals surface area contributed by atoms with Crippen molar-refractivity contribution in [1.82, 2.24) is 5.32 Å². The highest BCUT2D eigenvalue weighted by Crippen LogP contribution is 2.34. The molecule has 0 aromatic rings. The third-order valence-corrected chi connectivity index (χ3v) is 5.78. The monoisotopic (exact) mass is 315 g/mol. The van der Waals surface area contributed by atoms with Crippen molar-refractivity contribution in [3.05, 3.63) is 0 Å². The Kier molecular flexibility index (Phi) is 5.11. The lowest BCUT2D eigenvalue weighted by Crippen LogP contribution is -2.54. The Morgan fingerprint density at radius 3 is 2.56 bits per heavy atom. The summed E-state index contributed by atoms with van der Waals surface area (Å²) in [5, 5.41) is 4.30. The molecule has 0 spiro atoms. The Morgan fingerprint density at radius 1 is 1.22 bits per heavy atom. The van der Waals surface area contributed by atoms with Gasteiger partial charge in [-0.25, -0.2) is 0 Å². The van der Waals surface area contributed by atoms with Crippen molar-refractivity contribution in [3.8, 4) is 0 Å². The maximum atomic E-state index is 12.4. The molecule has 2 fully saturated rings. The molecular formula is C15H26BrNO. The quantitative estimate of drug-likeness (QED) is 0.783. The summed E-state index contributed by atoms with van der Waals surface area (Å²) in [7, 11) is 0. The van der Waals surface area contributed by atoms with Crippen molar-refractivity contribution in [3.63, 3.8) is 0 Å². The molecule has 0 bridgehead atoms. The minimum Gasteiger partial charge on any atom is -0.350 e. The summed E-state index contributed by atoms with van der Waals surface area (Å²) in [6.45, 7) is 2.31. The van der Waals surface area contributed by atoms with Crippen molar-refractivity contribution in [1.29, 1.82) is 0 Å². The number of halogens is 1. The SMILES string of the molecule is CC1CCCC(CBr)(NC(=O)C2CCCCC2)C1. The van der Waals surface area contributed by atoms with Crippen molar-refractivity contribution in [2.45, 2.75) is 70.3 Å². The number of alkyl halides is 1. The second-order valence-electron chi connectivity index (χ2n) is 6.44. The van der Waals surface area contributed by atoms with Gasteiger partial charge in [-0.1, -0.05) is 55.0 Å². The van der Waals surface area contributed by atoms with E-state index in [-0.39, 0.29) is 11.5 Å². The van der Waals surface area contributed by atoms with Crippen LogP contribution in [0.2, 0.25) is 0 Å². The molecule has 2 rings (SSSR count). The highest BCUT2D eigenvalue weighted by atomic mass is 79.9. The second-order valence-corrected chi connectivity index (χ2v) is 7.00. The van der Waals surface area contributed by atoms with E-state index in [9.17, 15) is 4.79 Å². The zero-order valence-corrected chi connectivity index (χ0v) is 13.1. The molecule has 0 saturated heterocycles. The van der Waals surface area contributed by atoms with Crippen LogP contribution in [0.15, 0.2) is 0 Å². The third-order valence-electron chi connectivity index (χ3n) is 4.71. The molecule has 104 valence electrons. The van der Waals surface area contributed by atoms with Gasteiger partial charge in [-0.2, -0.15) is 0 Å². The molecule has 2 unspecified atom stereocenters. The number of hydrogen-bond acceptors (Lipinski definition) is 1. The molecule has 1 amide bonds. The first-order valence-corrected chi connectivity index (χ1v) is 8.65. The molecule has 2 saturated carbocycles. The van der Waals surface area contributed by atoms with Crippen molar-refractivity contribution < 1.29 is 4.79 Å². The van der Waals surface area contributed by atoms with Crippen LogP contribution in [0, 0.1) is 11.8 Å². The van der Waals surface area contributed by atoms with Gasteiger partial charge in [0.15, 0.2) is 0 Å². The molecule has 0 radical (unpaired) electrons. The van der Waals surface area contributed by atoms with Gasteiger partial charge < -0.3 is 5.32 Å². The Labute approximate surface area is 119 Å². The van der Waals surface area contributed by atoms with Crippen molar-refractivity contribution in [2.75, 3.05) is 5.33 Å². The first-order chi connectivity index (χ1) is 8.65. The van der Waals surface area contributed by atoms with E-state index in [2.05, 4.69) is 28.2 Å². The fraction of sp³-hybridized carbons (Fsp3) is 0.933. The minimum absolute atomic E-state index is 0.0339. The highest BCUT2D eigenvalue weighted by molar-refractivity contribution is 9.09. The van der Waals surface area contributed by atoms with E-state index < -0.39 is 0 Å². The molecule has 0 aliphatic heterocycles. The zero-order valence-electron chi connectivity index (χ0n) is 11.5. The summed E-state index contributed by atoms with van der Waals surface area (Å²) in [6.07, 6.45) is 10.8. The number of rotatable bonds is 3. The number of nitrogens with one attached hydrogen (secondary N) is 1. The van der Waals surface area contributed by atoms with E-state index in [1.54, 1.807) is 0 Å². The van der Waals surface area contributed by atoms with E-state index >= 15 is 0 Å². The number of carbonyl (C=O) groups excluding carboxylic acids is 1. The average molecular weight is 316 g/mol. The van der Waals surface area contributed by atoms with Crippen LogP contribution >= 0.6 is 15.9 Å². The van der Waals surface area contributed by atoms with Gasteiger partial charge in [-0.05, 0) is 31.6 Å². The topological polar surface area (TPSA) is 29.1 Å². The lowest BCUT2D eigenvalue weighted by molar-refractivity contribution is -0.128. The lowest BCUT2D eigenvalue weighted by atomic mass is 9.77. The Balaban J connectivity index is 1.94. The zero-order chi connectivity index (χ0) is 13.0. The van der Waals surface area contributed by atoms with Crippen LogP contribution in [0.4, 0.5) is 0 Å². The van der Waals surface area contributed by atoms with E-state index in [1.165, 1.54) is 32.1 Å². The van der Waals surface area contributed by atoms with Crippen LogP contribution in [-0.4, -0.2) is 16.8 Å². The van der Waals surface area contributed by atoms with Crippen LogP contribution < -0.4 is 5.32 Å². The summed E-state index contributed by atoms with van der Waals surface area (Å²) in [6, 6.07) is 0. The van der Waals surface area contributed by atoms with Crippen LogP contribution in [-0.2, 0) is 4.79 Å². The van der Waals surface area contributed by atoms with E-state index in [0.29, 0.717) is 5.91 Å². The summed E-state index contributed by atoms with van der Waals surface area (Å²) in [4.78, 5) is 12.4. The molecule has 0 aromatic carbocycles. The first-order valence-electron chi connectivity index (χ1n) is 7.53. The fourth-order valence-corrected chi connectivity index (χ4v) is 4.31. The van der Waals surface area contributed by atoms with Crippen LogP contribution in [0.5, 0.6) is 0 Å². The standard InChI is InChI=1S/C15H26BrNO/c1-12-6-5-9-15(10-12,11-16)17-14(18)13-7-3-2-4-8-13/h12-13H,2-11H2,1H3,(H,17,18). The molecule has 2 aliphatic carbocycles. The summed E-state index contributed by atoms with van der Waals surface area (Å²) < 4.78 is 0. The second kappa shape index (κ2) is 6.40. The molecule has 0 heterocycles. The average Bonchev–Trinajstić information content (AvgIpc) is 2.39. The molecule has 18 heavy (non-hydrogen) atoms. The predicted molar refractivity (Wildman–Crippen MR) is 78.9 cm³/mol. The summed E-state index contributed by atoms with van der Waals surface area (Å²) in [5.41, 5.74) is 0.0339. The minimum atomic E-state index is 0.0339. The smallest absolute Gasteiger partial charge is 0.223 e. The molecule has 1 N–H and O–H groups in total. The number of amides is 1. The van der Waals surface area contributed by atoms with E-state index in [0.717, 1.165) is 36.9 Å². The first kappa shape index (κ1) is 14.4. The Morgan fingerprint density at radius 2 is 1.94 bits per heavy atom. The summed E-state index contributed by atoms with van der Waals surface area (Å²) >= 11 is 3.63. The van der Waals surface area contributed by atoms with Crippen LogP contribution in [0.3, 0.4) is 0 Å². The molecule has 0 aromatic heterocycles. The van der Waals surface area contributed by atoms with Gasteiger partial charge in [0, 0.05) is 16.8 Å². The lowest BCUT2D eigenvalue weighted by Gasteiger charge is -2.40. The predicted octanol–water partition coefficient (Wildman–Crippen LogP) is 4.03. The van der Waals surface area contributed by atoms with Gasteiger partial charge >= 0.3 is 0 Å². The molecular weight excluding hydrogens is 290 g/mol. The summed E-state index contributed by atoms with van der Waals surface area (Å²) in [5.74, 6) is 1.35. The van der Waals surface area contributed by atoms with Crippen molar-refractivity contribution >= 4 is 21.8 Å². The van der Waals surface area contributed by atoms with Gasteiger partial charge in [-0.15, -0.1) is 0 Å². The van der Waals surface area contributed by atoms with E-state index in [1.807, 2.05) is 0 Å². The van der Waals surface area contributed by atoms with Gasteiger partial charge in [0.05, 0.1) is 0 Å². The van der Waals surface area contributed by atoms with E-state index in [4.69, 9.17) is 0 Å². The maximum absolute atomic E-state index is 12.4. The number of carbonyl (C=O) groups is 1. The van der Waals surface area contributed by atoms with Crippen LogP contribution in [0.25, 0.3) is 0 Å². The highest BCUT2D eigenvalue weighted by Gasteiger charge is 2.36. The van der Waals surface area contributed by atoms with Gasteiger partial charge in [0.25, 0.3) is 0 Å². The molecule has 2 atom stereocenters. The van der Waals surface area contributed by atoms with Gasteiger partial charge in [-0.3, -0.25) is 4.79 Å². The maximum Gasteiger partial charge on any atom is 0.223 e. The van der Waals surface area contributed by atoms with Crippen molar-refractivity contribution in [2.24, 2.45) is 11.8 Å². The largest absolute Gasteiger partial charge is 0.350 e. The van der Waals surface area contributed by atoms with Crippen LogP contribution in [0.1, 0.15) is 64.7 Å². The van der Waals surface area contributed by atoms with Gasteiger partial charge in [0.1, 0.15) is 0 Å². The fourth-order valence-electron chi connectivity index (χ4n) is 3.66. The molecule has 3 heteroatoms. The van der Waals surface area contributed by atoms with Gasteiger partial charge in [0.2, 0.25) is 5.91 Å². The normalized spacial score (nSPS) is 34.2. The number of hydrogen-bond donors (Lipinski definition) is 1. The Hall–Kier alpha value is -0.0500. The molecule has 2 nitrogen and oxygen atoms in total.